The second kappa shape index (κ2) is 4.74. The van der Waals surface area contributed by atoms with E-state index in [1.54, 1.807) is 22.6 Å². The highest BCUT2D eigenvalue weighted by Crippen LogP contribution is 2.30. The first kappa shape index (κ1) is 13.7. The summed E-state index contributed by atoms with van der Waals surface area (Å²) < 4.78 is 6.24. The van der Waals surface area contributed by atoms with Crippen molar-refractivity contribution in [2.75, 3.05) is 13.2 Å². The Morgan fingerprint density at radius 1 is 1.56 bits per heavy atom. The van der Waals surface area contributed by atoms with Gasteiger partial charge in [-0.1, -0.05) is 0 Å². The van der Waals surface area contributed by atoms with E-state index < -0.39 is 35.8 Å². The number of hydrogen-bond acceptors (Lipinski definition) is 6. The van der Waals surface area contributed by atoms with Crippen LogP contribution in [0.1, 0.15) is 0 Å². The quantitative estimate of drug-likeness (QED) is 0.428. The highest BCUT2D eigenvalue weighted by Gasteiger charge is 2.51. The predicted octanol–water partition coefficient (Wildman–Crippen LogP) is -2.46. The van der Waals surface area contributed by atoms with Crippen LogP contribution < -0.4 is 11.2 Å². The SMILES string of the molecule is O=c1[nH]c(=O)n([C@@]2(CO)OC[C@@H](O)[C@@H]2O)cc1I. The topological polar surface area (TPSA) is 125 Å². The Balaban J connectivity index is 2.63. The maximum atomic E-state index is 11.7. The van der Waals surface area contributed by atoms with Gasteiger partial charge in [0, 0.05) is 6.20 Å². The van der Waals surface area contributed by atoms with E-state index >= 15 is 0 Å². The van der Waals surface area contributed by atoms with Gasteiger partial charge in [0.25, 0.3) is 5.56 Å². The van der Waals surface area contributed by atoms with Crippen LogP contribution in [0.15, 0.2) is 15.8 Å². The molecule has 0 spiro atoms. The summed E-state index contributed by atoms with van der Waals surface area (Å²) in [7, 11) is 0. The van der Waals surface area contributed by atoms with Gasteiger partial charge in [-0.05, 0) is 22.6 Å². The number of nitrogens with zero attached hydrogens (tertiary/aromatic N) is 1. The molecule has 9 heteroatoms. The van der Waals surface area contributed by atoms with E-state index in [4.69, 9.17) is 4.74 Å². The Hall–Kier alpha value is -0.750. The fourth-order valence-corrected chi connectivity index (χ4v) is 2.28. The van der Waals surface area contributed by atoms with Crippen LogP contribution in [0.4, 0.5) is 0 Å². The minimum atomic E-state index is -1.78. The molecule has 2 rings (SSSR count). The van der Waals surface area contributed by atoms with Crippen LogP contribution in [-0.4, -0.2) is 50.3 Å². The van der Waals surface area contributed by atoms with Crippen molar-refractivity contribution in [3.8, 4) is 0 Å². The molecule has 0 unspecified atom stereocenters. The number of rotatable bonds is 2. The summed E-state index contributed by atoms with van der Waals surface area (Å²) in [4.78, 5) is 25.0. The second-order valence-corrected chi connectivity index (χ2v) is 5.09. The number of aliphatic hydroxyl groups excluding tert-OH is 3. The van der Waals surface area contributed by atoms with Crippen LogP contribution >= 0.6 is 22.6 Å². The number of hydrogen-bond donors (Lipinski definition) is 4. The largest absolute Gasteiger partial charge is 0.391 e. The Bertz CT molecular complexity index is 569. The predicted molar refractivity (Wildman–Crippen MR) is 67.1 cm³/mol. The van der Waals surface area contributed by atoms with Crippen molar-refractivity contribution in [3.63, 3.8) is 0 Å². The van der Waals surface area contributed by atoms with E-state index in [9.17, 15) is 24.9 Å². The summed E-state index contributed by atoms with van der Waals surface area (Å²) in [6.45, 7) is -0.933. The second-order valence-electron chi connectivity index (χ2n) is 3.93. The first-order chi connectivity index (χ1) is 8.42. The van der Waals surface area contributed by atoms with Gasteiger partial charge < -0.3 is 20.1 Å². The van der Waals surface area contributed by atoms with Crippen LogP contribution in [0.3, 0.4) is 0 Å². The van der Waals surface area contributed by atoms with Crippen molar-refractivity contribution in [1.29, 1.82) is 0 Å². The summed E-state index contributed by atoms with van der Waals surface area (Å²) in [5, 5.41) is 28.7. The van der Waals surface area contributed by atoms with Crippen molar-refractivity contribution < 1.29 is 20.1 Å². The molecule has 0 aliphatic carbocycles. The van der Waals surface area contributed by atoms with E-state index in [1.807, 2.05) is 4.98 Å². The van der Waals surface area contributed by atoms with Gasteiger partial charge >= 0.3 is 5.69 Å². The molecule has 0 saturated carbocycles. The third-order valence-electron chi connectivity index (χ3n) is 2.86. The third kappa shape index (κ3) is 1.91. The number of halogens is 1. The normalized spacial score (nSPS) is 31.8. The van der Waals surface area contributed by atoms with Crippen molar-refractivity contribution in [2.24, 2.45) is 0 Å². The first-order valence-corrected chi connectivity index (χ1v) is 6.13. The summed E-state index contributed by atoms with van der Waals surface area (Å²) in [5.74, 6) is 0. The van der Waals surface area contributed by atoms with E-state index in [1.165, 1.54) is 6.20 Å². The minimum absolute atomic E-state index is 0.192. The molecule has 0 aromatic carbocycles. The number of aromatic amines is 1. The maximum absolute atomic E-state index is 11.7. The summed E-state index contributed by atoms with van der Waals surface area (Å²) in [6, 6.07) is 0. The smallest absolute Gasteiger partial charge is 0.330 e. The zero-order valence-electron chi connectivity index (χ0n) is 9.04. The van der Waals surface area contributed by atoms with Crippen LogP contribution in [0, 0.1) is 3.57 Å². The number of nitrogens with one attached hydrogen (secondary N) is 1. The molecule has 0 radical (unpaired) electrons. The molecule has 2 heterocycles. The van der Waals surface area contributed by atoms with E-state index in [-0.39, 0.29) is 10.2 Å². The van der Waals surface area contributed by atoms with Crippen molar-refractivity contribution in [1.82, 2.24) is 9.55 Å². The Labute approximate surface area is 114 Å². The molecule has 1 aliphatic rings. The molecule has 1 aromatic rings. The number of aliphatic hydroxyl groups is 3. The molecular weight excluding hydrogens is 359 g/mol. The van der Waals surface area contributed by atoms with Gasteiger partial charge in [-0.25, -0.2) is 4.79 Å². The highest BCUT2D eigenvalue weighted by atomic mass is 127. The van der Waals surface area contributed by atoms with Gasteiger partial charge in [-0.15, -0.1) is 0 Å². The summed E-state index contributed by atoms with van der Waals surface area (Å²) in [6.07, 6.45) is -1.52. The molecule has 4 N–H and O–H groups in total. The fraction of sp³-hybridized carbons (Fsp3) is 0.556. The molecule has 1 fully saturated rings. The van der Waals surface area contributed by atoms with Gasteiger partial charge in [0.2, 0.25) is 5.72 Å². The number of ether oxygens (including phenoxy) is 1. The van der Waals surface area contributed by atoms with Crippen molar-refractivity contribution in [2.45, 2.75) is 17.9 Å². The van der Waals surface area contributed by atoms with Gasteiger partial charge in [-0.3, -0.25) is 14.3 Å². The highest BCUT2D eigenvalue weighted by molar-refractivity contribution is 14.1. The first-order valence-electron chi connectivity index (χ1n) is 5.05. The van der Waals surface area contributed by atoms with Gasteiger partial charge in [0.05, 0.1) is 16.8 Å². The van der Waals surface area contributed by atoms with Crippen molar-refractivity contribution >= 4 is 22.6 Å². The van der Waals surface area contributed by atoms with Gasteiger partial charge in [-0.2, -0.15) is 0 Å². The number of aromatic nitrogens is 2. The number of H-pyrrole nitrogens is 1. The van der Waals surface area contributed by atoms with Crippen LogP contribution in [-0.2, 0) is 10.5 Å². The molecule has 8 nitrogen and oxygen atoms in total. The molecule has 18 heavy (non-hydrogen) atoms. The van der Waals surface area contributed by atoms with Gasteiger partial charge in [0.1, 0.15) is 12.2 Å². The molecule has 0 bridgehead atoms. The lowest BCUT2D eigenvalue weighted by Gasteiger charge is -2.31. The molecule has 100 valence electrons. The Morgan fingerprint density at radius 3 is 2.72 bits per heavy atom. The van der Waals surface area contributed by atoms with Crippen LogP contribution in [0.25, 0.3) is 0 Å². The zero-order chi connectivity index (χ0) is 13.5. The van der Waals surface area contributed by atoms with E-state index in [2.05, 4.69) is 0 Å². The molecule has 1 aliphatic heterocycles. The third-order valence-corrected chi connectivity index (χ3v) is 3.63. The zero-order valence-corrected chi connectivity index (χ0v) is 11.2. The minimum Gasteiger partial charge on any atom is -0.391 e. The maximum Gasteiger partial charge on any atom is 0.330 e. The standard InChI is InChI=1S/C9H11IN2O6/c10-4-1-12(8(17)11-7(4)16)9(3-13)6(15)5(14)2-18-9/h1,5-6,13-15H,2-3H2,(H,11,16,17)/t5-,6+,9+/m1/s1. The van der Waals surface area contributed by atoms with Gasteiger partial charge in [0.15, 0.2) is 0 Å². The lowest BCUT2D eigenvalue weighted by Crippen LogP contribution is -2.54. The van der Waals surface area contributed by atoms with E-state index in [0.29, 0.717) is 0 Å². The Kier molecular flexibility index (Phi) is 3.60. The van der Waals surface area contributed by atoms with E-state index in [0.717, 1.165) is 4.57 Å². The Morgan fingerprint density at radius 2 is 2.22 bits per heavy atom. The molecular formula is C9H11IN2O6. The van der Waals surface area contributed by atoms with Crippen LogP contribution in [0.5, 0.6) is 0 Å². The average molecular weight is 370 g/mol. The fourth-order valence-electron chi connectivity index (χ4n) is 1.86. The monoisotopic (exact) mass is 370 g/mol. The summed E-state index contributed by atoms with van der Waals surface area (Å²) >= 11 is 1.70. The lowest BCUT2D eigenvalue weighted by atomic mass is 10.1. The molecule has 1 saturated heterocycles. The summed E-state index contributed by atoms with van der Waals surface area (Å²) in [5.41, 5.74) is -3.18. The van der Waals surface area contributed by atoms with Crippen molar-refractivity contribution in [3.05, 3.63) is 30.6 Å². The van der Waals surface area contributed by atoms with Crippen LogP contribution in [0.2, 0.25) is 0 Å². The average Bonchev–Trinajstić information content (AvgIpc) is 2.62. The lowest BCUT2D eigenvalue weighted by molar-refractivity contribution is -0.154. The molecule has 0 amide bonds. The molecule has 1 aromatic heterocycles. The molecule has 3 atom stereocenters.